The fourth-order valence-corrected chi connectivity index (χ4v) is 0.770. The molecule has 12 heavy (non-hydrogen) atoms. The van der Waals surface area contributed by atoms with Crippen LogP contribution in [0.25, 0.3) is 0 Å². The van der Waals surface area contributed by atoms with Gasteiger partial charge in [-0.25, -0.2) is 10.1 Å². The highest BCUT2D eigenvalue weighted by Gasteiger charge is 2.03. The minimum atomic E-state index is -0.417. The topological polar surface area (TPSA) is 55.8 Å². The lowest BCUT2D eigenvalue weighted by atomic mass is 10.2. The second-order valence-corrected chi connectivity index (χ2v) is 2.11. The molecule has 1 N–H and O–H groups in total. The maximum atomic E-state index is 10.9. The first-order valence-electron chi connectivity index (χ1n) is 3.27. The highest BCUT2D eigenvalue weighted by atomic mass is 17.1. The maximum Gasteiger partial charge on any atom is 0.337 e. The monoisotopic (exact) mass is 168 g/mol. The summed E-state index contributed by atoms with van der Waals surface area (Å²) in [5.41, 5.74) is 0.415. The molecule has 1 aromatic carbocycles. The fraction of sp³-hybridized carbons (Fsp3) is 0.125. The number of esters is 1. The molecule has 0 unspecified atom stereocenters. The lowest BCUT2D eigenvalue weighted by Crippen LogP contribution is -2.00. The zero-order valence-electron chi connectivity index (χ0n) is 6.48. The van der Waals surface area contributed by atoms with E-state index in [0.717, 1.165) is 0 Å². The molecule has 0 radical (unpaired) electrons. The van der Waals surface area contributed by atoms with E-state index in [4.69, 9.17) is 5.26 Å². The van der Waals surface area contributed by atoms with Crippen molar-refractivity contribution < 1.29 is 19.7 Å². The lowest BCUT2D eigenvalue weighted by molar-refractivity contribution is -0.137. The second-order valence-electron chi connectivity index (χ2n) is 2.11. The van der Waals surface area contributed by atoms with Crippen LogP contribution in [-0.4, -0.2) is 18.3 Å². The number of hydrogen-bond acceptors (Lipinski definition) is 4. The predicted octanol–water partition coefficient (Wildman–Crippen LogP) is 1.32. The molecule has 1 rings (SSSR count). The lowest BCUT2D eigenvalue weighted by Gasteiger charge is -1.99. The Hall–Kier alpha value is -1.55. The molecule has 0 amide bonds. The summed E-state index contributed by atoms with van der Waals surface area (Å²) in [6.45, 7) is 0. The van der Waals surface area contributed by atoms with Crippen LogP contribution in [0.15, 0.2) is 24.3 Å². The van der Waals surface area contributed by atoms with E-state index >= 15 is 0 Å². The second kappa shape index (κ2) is 3.73. The van der Waals surface area contributed by atoms with Gasteiger partial charge in [0.15, 0.2) is 5.75 Å². The van der Waals surface area contributed by atoms with Gasteiger partial charge >= 0.3 is 5.97 Å². The van der Waals surface area contributed by atoms with Crippen molar-refractivity contribution >= 4 is 5.97 Å². The number of benzene rings is 1. The van der Waals surface area contributed by atoms with Gasteiger partial charge in [-0.2, -0.15) is 0 Å². The van der Waals surface area contributed by atoms with Gasteiger partial charge < -0.3 is 9.62 Å². The van der Waals surface area contributed by atoms with Gasteiger partial charge in [-0.15, -0.1) is 0 Å². The first-order valence-corrected chi connectivity index (χ1v) is 3.27. The Morgan fingerprint density at radius 2 is 1.92 bits per heavy atom. The van der Waals surface area contributed by atoms with E-state index < -0.39 is 5.97 Å². The normalized spacial score (nSPS) is 9.17. The van der Waals surface area contributed by atoms with E-state index in [1.54, 1.807) is 0 Å². The molecular formula is C8H8O4. The third-order valence-electron chi connectivity index (χ3n) is 1.38. The Labute approximate surface area is 69.3 Å². The van der Waals surface area contributed by atoms with Crippen LogP contribution in [0, 0.1) is 0 Å². The summed E-state index contributed by atoms with van der Waals surface area (Å²) < 4.78 is 4.47. The Balaban J connectivity index is 2.84. The van der Waals surface area contributed by atoms with Gasteiger partial charge in [-0.3, -0.25) is 0 Å². The molecule has 0 aliphatic heterocycles. The number of hydrogen-bond donors (Lipinski definition) is 1. The highest BCUT2D eigenvalue weighted by molar-refractivity contribution is 5.89. The van der Waals surface area contributed by atoms with Gasteiger partial charge in [0.2, 0.25) is 0 Å². The van der Waals surface area contributed by atoms with Crippen LogP contribution < -0.4 is 4.89 Å². The number of carbonyl (C=O) groups is 1. The Morgan fingerprint density at radius 3 is 2.33 bits per heavy atom. The van der Waals surface area contributed by atoms with Gasteiger partial charge in [-0.1, -0.05) is 0 Å². The van der Waals surface area contributed by atoms with Crippen molar-refractivity contribution in [3.05, 3.63) is 29.8 Å². The SMILES string of the molecule is COC(=O)c1ccc(OO)cc1. The van der Waals surface area contributed by atoms with Crippen LogP contribution in [0.3, 0.4) is 0 Å². The largest absolute Gasteiger partial charge is 0.465 e. The van der Waals surface area contributed by atoms with Gasteiger partial charge in [0.1, 0.15) is 0 Å². The first kappa shape index (κ1) is 8.55. The quantitative estimate of drug-likeness (QED) is 0.411. The zero-order chi connectivity index (χ0) is 8.97. The van der Waals surface area contributed by atoms with Crippen molar-refractivity contribution in [2.24, 2.45) is 0 Å². The third kappa shape index (κ3) is 1.73. The molecule has 0 heterocycles. The van der Waals surface area contributed by atoms with Gasteiger partial charge in [-0.05, 0) is 24.3 Å². The number of rotatable bonds is 2. The molecule has 0 saturated carbocycles. The highest BCUT2D eigenvalue weighted by Crippen LogP contribution is 2.11. The predicted molar refractivity (Wildman–Crippen MR) is 41.0 cm³/mol. The van der Waals surface area contributed by atoms with E-state index in [-0.39, 0.29) is 5.75 Å². The Morgan fingerprint density at radius 1 is 1.33 bits per heavy atom. The molecule has 0 aromatic heterocycles. The van der Waals surface area contributed by atoms with Crippen molar-refractivity contribution in [1.82, 2.24) is 0 Å². The van der Waals surface area contributed by atoms with Crippen molar-refractivity contribution in [3.8, 4) is 5.75 Å². The van der Waals surface area contributed by atoms with E-state index in [0.29, 0.717) is 5.56 Å². The number of methoxy groups -OCH3 is 1. The van der Waals surface area contributed by atoms with Crippen LogP contribution in [0.4, 0.5) is 0 Å². The third-order valence-corrected chi connectivity index (χ3v) is 1.38. The van der Waals surface area contributed by atoms with E-state index in [9.17, 15) is 4.79 Å². The fourth-order valence-electron chi connectivity index (χ4n) is 0.770. The molecule has 0 bridgehead atoms. The average molecular weight is 168 g/mol. The molecule has 1 aromatic rings. The number of ether oxygens (including phenoxy) is 1. The molecule has 0 aliphatic rings. The first-order chi connectivity index (χ1) is 5.77. The van der Waals surface area contributed by atoms with Crippen LogP contribution in [0.2, 0.25) is 0 Å². The molecule has 0 fully saturated rings. The summed E-state index contributed by atoms with van der Waals surface area (Å²) in [7, 11) is 1.30. The van der Waals surface area contributed by atoms with Crippen LogP contribution >= 0.6 is 0 Å². The molecule has 4 nitrogen and oxygen atoms in total. The maximum absolute atomic E-state index is 10.9. The van der Waals surface area contributed by atoms with Crippen LogP contribution in [0.5, 0.6) is 5.75 Å². The summed E-state index contributed by atoms with van der Waals surface area (Å²) in [6.07, 6.45) is 0. The molecular weight excluding hydrogens is 160 g/mol. The van der Waals surface area contributed by atoms with Crippen molar-refractivity contribution in [2.45, 2.75) is 0 Å². The van der Waals surface area contributed by atoms with Crippen LogP contribution in [-0.2, 0) is 4.74 Å². The van der Waals surface area contributed by atoms with E-state index in [2.05, 4.69) is 9.62 Å². The summed E-state index contributed by atoms with van der Waals surface area (Å²) in [6, 6.07) is 5.92. The van der Waals surface area contributed by atoms with Crippen LogP contribution in [0.1, 0.15) is 10.4 Å². The van der Waals surface area contributed by atoms with Crippen molar-refractivity contribution in [3.63, 3.8) is 0 Å². The Kier molecular flexibility index (Phi) is 2.66. The standard InChI is InChI=1S/C8H8O4/c1-11-8(9)6-2-4-7(12-10)5-3-6/h2-5,10H,1H3. The summed E-state index contributed by atoms with van der Waals surface area (Å²) >= 11 is 0. The Bertz CT molecular complexity index is 265. The molecule has 0 atom stereocenters. The molecule has 0 aliphatic carbocycles. The van der Waals surface area contributed by atoms with E-state index in [1.165, 1.54) is 31.4 Å². The van der Waals surface area contributed by atoms with Crippen molar-refractivity contribution in [2.75, 3.05) is 7.11 Å². The zero-order valence-corrected chi connectivity index (χ0v) is 6.48. The summed E-state index contributed by atoms with van der Waals surface area (Å²) in [5, 5.41) is 8.21. The minimum Gasteiger partial charge on any atom is -0.465 e. The molecule has 64 valence electrons. The molecule has 4 heteroatoms. The molecule has 0 spiro atoms. The average Bonchev–Trinajstić information content (AvgIpc) is 2.17. The summed E-state index contributed by atoms with van der Waals surface area (Å²) in [4.78, 5) is 14.8. The number of carbonyl (C=O) groups excluding carboxylic acids is 1. The summed E-state index contributed by atoms with van der Waals surface area (Å²) in [5.74, 6) is -0.137. The van der Waals surface area contributed by atoms with E-state index in [1.807, 2.05) is 0 Å². The van der Waals surface area contributed by atoms with Crippen molar-refractivity contribution in [1.29, 1.82) is 0 Å². The molecule has 0 saturated heterocycles. The van der Waals surface area contributed by atoms with Gasteiger partial charge in [0.05, 0.1) is 12.7 Å². The van der Waals surface area contributed by atoms with Gasteiger partial charge in [0.25, 0.3) is 0 Å². The smallest absolute Gasteiger partial charge is 0.337 e. The van der Waals surface area contributed by atoms with Gasteiger partial charge in [0, 0.05) is 0 Å². The minimum absolute atomic E-state index is 0.280.